The summed E-state index contributed by atoms with van der Waals surface area (Å²) in [6, 6.07) is 0. The first-order chi connectivity index (χ1) is 9.08. The van der Waals surface area contributed by atoms with E-state index in [0.717, 1.165) is 6.42 Å². The highest BCUT2D eigenvalue weighted by Gasteiger charge is 2.51. The Hall–Kier alpha value is -0.280. The van der Waals surface area contributed by atoms with Gasteiger partial charge in [-0.25, -0.2) is 0 Å². The second kappa shape index (κ2) is 4.11. The summed E-state index contributed by atoms with van der Waals surface area (Å²) in [7, 11) is 0. The van der Waals surface area contributed by atoms with Gasteiger partial charge in [0.1, 0.15) is 22.3 Å². The van der Waals surface area contributed by atoms with Crippen LogP contribution in [0.15, 0.2) is 12.2 Å². The van der Waals surface area contributed by atoms with Crippen molar-refractivity contribution in [3.05, 3.63) is 32.2 Å². The van der Waals surface area contributed by atoms with Gasteiger partial charge in [-0.2, -0.15) is 0 Å². The van der Waals surface area contributed by atoms with Gasteiger partial charge < -0.3 is 9.47 Å². The highest BCUT2D eigenvalue weighted by Crippen LogP contribution is 2.56. The summed E-state index contributed by atoms with van der Waals surface area (Å²) in [5, 5.41) is 0.924. The minimum atomic E-state index is -0.0201. The lowest BCUT2D eigenvalue weighted by atomic mass is 10.00. The zero-order valence-electron chi connectivity index (χ0n) is 9.50. The van der Waals surface area contributed by atoms with Crippen molar-refractivity contribution in [1.29, 1.82) is 0 Å². The van der Waals surface area contributed by atoms with Crippen LogP contribution >= 0.6 is 46.4 Å². The van der Waals surface area contributed by atoms with Crippen LogP contribution in [-0.2, 0) is 0 Å². The number of rotatable bonds is 0. The average Bonchev–Trinajstić information content (AvgIpc) is 3.03. The van der Waals surface area contributed by atoms with E-state index in [1.807, 2.05) is 0 Å². The Morgan fingerprint density at radius 1 is 0.737 bits per heavy atom. The van der Waals surface area contributed by atoms with Gasteiger partial charge >= 0.3 is 0 Å². The van der Waals surface area contributed by atoms with Crippen molar-refractivity contribution >= 4 is 46.4 Å². The molecule has 1 aromatic rings. The Labute approximate surface area is 130 Å². The molecule has 0 unspecified atom stereocenters. The van der Waals surface area contributed by atoms with Gasteiger partial charge in [0.2, 0.25) is 0 Å². The third kappa shape index (κ3) is 1.58. The van der Waals surface area contributed by atoms with Crippen LogP contribution in [0.3, 0.4) is 0 Å². The van der Waals surface area contributed by atoms with E-state index >= 15 is 0 Å². The number of halogens is 4. The molecule has 1 saturated carbocycles. The number of hydrogen-bond acceptors (Lipinski definition) is 2. The van der Waals surface area contributed by atoms with Crippen molar-refractivity contribution in [2.75, 3.05) is 0 Å². The van der Waals surface area contributed by atoms with Crippen LogP contribution in [0.2, 0.25) is 20.1 Å². The summed E-state index contributed by atoms with van der Waals surface area (Å²) in [6.07, 6.45) is 5.35. The Bertz CT molecular complexity index is 562. The Morgan fingerprint density at radius 2 is 1.16 bits per heavy atom. The molecule has 1 heterocycles. The van der Waals surface area contributed by atoms with Crippen LogP contribution in [0.25, 0.3) is 0 Å². The fourth-order valence-corrected chi connectivity index (χ4v) is 4.02. The smallest absolute Gasteiger partial charge is 0.183 e. The van der Waals surface area contributed by atoms with Crippen molar-refractivity contribution in [3.63, 3.8) is 0 Å². The van der Waals surface area contributed by atoms with E-state index in [4.69, 9.17) is 55.9 Å². The van der Waals surface area contributed by atoms with Crippen molar-refractivity contribution in [2.45, 2.75) is 18.6 Å². The summed E-state index contributed by atoms with van der Waals surface area (Å²) in [6.45, 7) is 0. The SMILES string of the molecule is Clc1c(Cl)c(Cl)c2c(c1Cl)O[C@@H]1[C@H](O2)[C@H]2C=C[C@@H]1C2. The van der Waals surface area contributed by atoms with Crippen molar-refractivity contribution < 1.29 is 9.47 Å². The molecule has 2 nitrogen and oxygen atoms in total. The monoisotopic (exact) mass is 336 g/mol. The standard InChI is InChI=1S/C13H8Cl4O2/c14-6-7(15)9(17)13-12(8(6)16)18-10-4-1-2-5(3-4)11(10)19-13/h1-2,4-5,10-11H,3H2/t4-,5+,10+,11-. The van der Waals surface area contributed by atoms with E-state index in [1.165, 1.54) is 0 Å². The Morgan fingerprint density at radius 3 is 1.58 bits per heavy atom. The molecule has 1 aromatic carbocycles. The molecule has 0 amide bonds. The zero-order chi connectivity index (χ0) is 13.3. The molecule has 100 valence electrons. The van der Waals surface area contributed by atoms with E-state index in [2.05, 4.69) is 12.2 Å². The van der Waals surface area contributed by atoms with Crippen LogP contribution in [-0.4, -0.2) is 12.2 Å². The van der Waals surface area contributed by atoms with Crippen molar-refractivity contribution in [1.82, 2.24) is 0 Å². The fourth-order valence-electron chi connectivity index (χ4n) is 3.11. The van der Waals surface area contributed by atoms with E-state index in [1.54, 1.807) is 0 Å². The van der Waals surface area contributed by atoms with Gasteiger partial charge in [0.25, 0.3) is 0 Å². The molecule has 0 saturated heterocycles. The summed E-state index contributed by atoms with van der Waals surface area (Å²) < 4.78 is 12.0. The van der Waals surface area contributed by atoms with Crippen molar-refractivity contribution in [3.8, 4) is 11.5 Å². The molecular formula is C13H8Cl4O2. The molecule has 0 N–H and O–H groups in total. The Balaban J connectivity index is 1.86. The maximum Gasteiger partial charge on any atom is 0.183 e. The van der Waals surface area contributed by atoms with Gasteiger partial charge in [0, 0.05) is 11.8 Å². The first kappa shape index (κ1) is 12.5. The van der Waals surface area contributed by atoms with Gasteiger partial charge in [0.15, 0.2) is 11.5 Å². The molecule has 6 heteroatoms. The lowest BCUT2D eigenvalue weighted by Crippen LogP contribution is -2.42. The summed E-state index contributed by atoms with van der Waals surface area (Å²) in [5.74, 6) is 1.55. The average molecular weight is 338 g/mol. The molecule has 0 spiro atoms. The van der Waals surface area contributed by atoms with Crippen molar-refractivity contribution in [2.24, 2.45) is 11.8 Å². The summed E-state index contributed by atoms with van der Waals surface area (Å²) >= 11 is 24.5. The van der Waals surface area contributed by atoms with E-state index in [9.17, 15) is 0 Å². The number of hydrogen-bond donors (Lipinski definition) is 0. The molecule has 19 heavy (non-hydrogen) atoms. The topological polar surface area (TPSA) is 18.5 Å². The number of benzene rings is 1. The zero-order valence-corrected chi connectivity index (χ0v) is 12.5. The fraction of sp³-hybridized carbons (Fsp3) is 0.385. The predicted molar refractivity (Wildman–Crippen MR) is 76.1 cm³/mol. The second-order valence-corrected chi connectivity index (χ2v) is 6.54. The molecule has 1 fully saturated rings. The predicted octanol–water partition coefficient (Wildman–Crippen LogP) is 5.01. The first-order valence-corrected chi connectivity index (χ1v) is 7.46. The third-order valence-electron chi connectivity index (χ3n) is 4.01. The molecule has 0 aromatic heterocycles. The van der Waals surface area contributed by atoms with Gasteiger partial charge in [-0.05, 0) is 6.42 Å². The molecular weight excluding hydrogens is 330 g/mol. The lowest BCUT2D eigenvalue weighted by molar-refractivity contribution is 0.0151. The Kier molecular flexibility index (Phi) is 2.69. The molecule has 2 aliphatic carbocycles. The van der Waals surface area contributed by atoms with Crippen LogP contribution in [0, 0.1) is 11.8 Å². The summed E-state index contributed by atoms with van der Waals surface area (Å²) in [5.41, 5.74) is 0. The molecule has 3 aliphatic rings. The minimum absolute atomic E-state index is 0.0201. The molecule has 4 rings (SSSR count). The van der Waals surface area contributed by atoms with Gasteiger partial charge in [-0.3, -0.25) is 0 Å². The van der Waals surface area contributed by atoms with Crippen LogP contribution in [0.1, 0.15) is 6.42 Å². The maximum absolute atomic E-state index is 6.18. The number of fused-ring (bicyclic) bond motifs is 6. The van der Waals surface area contributed by atoms with E-state index < -0.39 is 0 Å². The summed E-state index contributed by atoms with van der Waals surface area (Å²) in [4.78, 5) is 0. The van der Waals surface area contributed by atoms with Gasteiger partial charge in [-0.15, -0.1) is 0 Å². The number of ether oxygens (including phenoxy) is 2. The van der Waals surface area contributed by atoms with E-state index in [-0.39, 0.29) is 32.3 Å². The molecule has 2 bridgehead atoms. The van der Waals surface area contributed by atoms with Crippen LogP contribution in [0.5, 0.6) is 11.5 Å². The molecule has 4 atom stereocenters. The first-order valence-electron chi connectivity index (χ1n) is 5.95. The largest absolute Gasteiger partial charge is 0.480 e. The third-order valence-corrected chi connectivity index (χ3v) is 5.78. The molecule has 1 aliphatic heterocycles. The van der Waals surface area contributed by atoms with Gasteiger partial charge in [-0.1, -0.05) is 58.6 Å². The maximum atomic E-state index is 6.18. The van der Waals surface area contributed by atoms with Crippen LogP contribution in [0.4, 0.5) is 0 Å². The normalized spacial score (nSPS) is 33.7. The highest BCUT2D eigenvalue weighted by atomic mass is 35.5. The van der Waals surface area contributed by atoms with Gasteiger partial charge in [0.05, 0.1) is 10.0 Å². The quantitative estimate of drug-likeness (QED) is 0.376. The van der Waals surface area contributed by atoms with E-state index in [0.29, 0.717) is 23.3 Å². The van der Waals surface area contributed by atoms with Crippen LogP contribution < -0.4 is 9.47 Å². The molecule has 0 radical (unpaired) electrons. The minimum Gasteiger partial charge on any atom is -0.480 e. The lowest BCUT2D eigenvalue weighted by Gasteiger charge is -2.35. The highest BCUT2D eigenvalue weighted by molar-refractivity contribution is 6.53. The second-order valence-electron chi connectivity index (χ2n) is 5.03.